The Morgan fingerprint density at radius 1 is 1.07 bits per heavy atom. The van der Waals surface area contributed by atoms with Gasteiger partial charge in [0.25, 0.3) is 17.6 Å². The van der Waals surface area contributed by atoms with Crippen molar-refractivity contribution >= 4 is 28.6 Å². The monoisotopic (exact) mass is 406 g/mol. The number of piperazine rings is 1. The van der Waals surface area contributed by atoms with E-state index < -0.39 is 11.7 Å². The van der Waals surface area contributed by atoms with Gasteiger partial charge in [-0.05, 0) is 11.6 Å². The Morgan fingerprint density at radius 2 is 1.77 bits per heavy atom. The highest BCUT2D eigenvalue weighted by molar-refractivity contribution is 6.43. The number of carbonyl (C=O) groups is 3. The molecule has 30 heavy (non-hydrogen) atoms. The zero-order valence-corrected chi connectivity index (χ0v) is 16.6. The van der Waals surface area contributed by atoms with Crippen LogP contribution in [0, 0.1) is 0 Å². The van der Waals surface area contributed by atoms with E-state index in [0.29, 0.717) is 29.7 Å². The number of nitrogens with zero attached hydrogens (tertiary/aromatic N) is 5. The van der Waals surface area contributed by atoms with Gasteiger partial charge in [0.05, 0.1) is 10.9 Å². The fraction of sp³-hybridized carbons (Fsp3) is 0.286. The van der Waals surface area contributed by atoms with Crippen LogP contribution in [0.1, 0.15) is 26.4 Å². The molecule has 4 rings (SSSR count). The molecule has 1 aliphatic rings. The number of hydrogen-bond donors (Lipinski definition) is 1. The highest BCUT2D eigenvalue weighted by Gasteiger charge is 2.25. The summed E-state index contributed by atoms with van der Waals surface area (Å²) < 4.78 is 1.39. The summed E-state index contributed by atoms with van der Waals surface area (Å²) in [5.41, 5.74) is 7.03. The first-order valence-corrected chi connectivity index (χ1v) is 9.66. The van der Waals surface area contributed by atoms with Crippen LogP contribution in [0.15, 0.2) is 42.6 Å². The second-order valence-corrected chi connectivity index (χ2v) is 7.31. The van der Waals surface area contributed by atoms with Gasteiger partial charge in [-0.2, -0.15) is 5.10 Å². The average molecular weight is 406 g/mol. The summed E-state index contributed by atoms with van der Waals surface area (Å²) in [6.07, 6.45) is 1.47. The fourth-order valence-electron chi connectivity index (χ4n) is 3.68. The van der Waals surface area contributed by atoms with Gasteiger partial charge in [0, 0.05) is 46.0 Å². The number of aryl methyl sites for hydroxylation is 1. The lowest BCUT2D eigenvalue weighted by molar-refractivity contribution is -0.114. The summed E-state index contributed by atoms with van der Waals surface area (Å²) in [5.74, 6) is -2.16. The molecule has 3 aromatic rings. The number of fused-ring (bicyclic) bond motifs is 1. The molecule has 9 nitrogen and oxygen atoms in total. The molecule has 0 spiro atoms. The topological polar surface area (TPSA) is 114 Å². The van der Waals surface area contributed by atoms with E-state index in [1.165, 1.54) is 16.4 Å². The number of benzene rings is 1. The zero-order chi connectivity index (χ0) is 21.3. The number of pyridine rings is 1. The first kappa shape index (κ1) is 19.7. The van der Waals surface area contributed by atoms with Crippen molar-refractivity contribution in [1.29, 1.82) is 0 Å². The second-order valence-electron chi connectivity index (χ2n) is 7.31. The number of Topliss-reactive ketones (excluding diaryl/α,β-unsaturated/α-hetero) is 1. The van der Waals surface area contributed by atoms with Crippen LogP contribution in [0.5, 0.6) is 0 Å². The Balaban J connectivity index is 1.49. The summed E-state index contributed by atoms with van der Waals surface area (Å²) in [6, 6.07) is 11.8. The van der Waals surface area contributed by atoms with Crippen LogP contribution in [0.4, 0.5) is 0 Å². The molecule has 1 aliphatic heterocycles. The second kappa shape index (κ2) is 8.03. The maximum absolute atomic E-state index is 13.0. The lowest BCUT2D eigenvalue weighted by atomic mass is 10.1. The molecule has 2 aromatic heterocycles. The Labute approximate surface area is 173 Å². The third-order valence-electron chi connectivity index (χ3n) is 5.27. The minimum absolute atomic E-state index is 0.0881. The smallest absolute Gasteiger partial charge is 0.291 e. The molecule has 0 unspecified atom stereocenters. The third kappa shape index (κ3) is 3.79. The Bertz CT molecular complexity index is 1120. The van der Waals surface area contributed by atoms with Gasteiger partial charge in [0.1, 0.15) is 5.69 Å². The summed E-state index contributed by atoms with van der Waals surface area (Å²) in [7, 11) is 1.61. The van der Waals surface area contributed by atoms with Gasteiger partial charge >= 0.3 is 0 Å². The standard InChI is InChI=1S/C21H22N6O3/c1-25-20-16(17(24-25)18(28)19(22)29)11-15(12-23-20)21(30)27-9-7-26(8-10-27)13-14-5-3-2-4-6-14/h2-6,11-12H,7-10,13H2,1H3,(H2,22,29). The Kier molecular flexibility index (Phi) is 5.28. The predicted molar refractivity (Wildman–Crippen MR) is 110 cm³/mol. The predicted octanol–water partition coefficient (Wildman–Crippen LogP) is 0.594. The van der Waals surface area contributed by atoms with Gasteiger partial charge < -0.3 is 10.6 Å². The van der Waals surface area contributed by atoms with Crippen molar-refractivity contribution in [2.75, 3.05) is 26.2 Å². The highest BCUT2D eigenvalue weighted by atomic mass is 16.2. The molecule has 3 heterocycles. The number of primary amides is 1. The molecule has 1 aromatic carbocycles. The van der Waals surface area contributed by atoms with E-state index in [-0.39, 0.29) is 11.6 Å². The summed E-state index contributed by atoms with van der Waals surface area (Å²) in [5, 5.41) is 4.39. The average Bonchev–Trinajstić information content (AvgIpc) is 3.09. The molecular weight excluding hydrogens is 384 g/mol. The molecule has 0 saturated carbocycles. The van der Waals surface area contributed by atoms with E-state index in [1.807, 2.05) is 18.2 Å². The van der Waals surface area contributed by atoms with Gasteiger partial charge in [-0.1, -0.05) is 30.3 Å². The van der Waals surface area contributed by atoms with Gasteiger partial charge in [-0.15, -0.1) is 0 Å². The minimum Gasteiger partial charge on any atom is -0.363 e. The normalized spacial score (nSPS) is 14.8. The van der Waals surface area contributed by atoms with Crippen LogP contribution in [-0.2, 0) is 18.4 Å². The van der Waals surface area contributed by atoms with E-state index in [9.17, 15) is 14.4 Å². The molecule has 0 aliphatic carbocycles. The van der Waals surface area contributed by atoms with Gasteiger partial charge in [0.2, 0.25) is 0 Å². The molecule has 1 saturated heterocycles. The third-order valence-corrected chi connectivity index (χ3v) is 5.27. The maximum Gasteiger partial charge on any atom is 0.291 e. The fourth-order valence-corrected chi connectivity index (χ4v) is 3.68. The van der Waals surface area contributed by atoms with E-state index in [0.717, 1.165) is 19.6 Å². The number of hydrogen-bond acceptors (Lipinski definition) is 6. The largest absolute Gasteiger partial charge is 0.363 e. The lowest BCUT2D eigenvalue weighted by Crippen LogP contribution is -2.48. The summed E-state index contributed by atoms with van der Waals surface area (Å²) in [6.45, 7) is 3.60. The van der Waals surface area contributed by atoms with Crippen molar-refractivity contribution in [2.24, 2.45) is 12.8 Å². The first-order valence-electron chi connectivity index (χ1n) is 9.66. The van der Waals surface area contributed by atoms with E-state index in [4.69, 9.17) is 5.73 Å². The van der Waals surface area contributed by atoms with Crippen molar-refractivity contribution in [2.45, 2.75) is 6.54 Å². The molecule has 0 atom stereocenters. The highest BCUT2D eigenvalue weighted by Crippen LogP contribution is 2.20. The zero-order valence-electron chi connectivity index (χ0n) is 16.6. The van der Waals surface area contributed by atoms with Crippen molar-refractivity contribution in [3.05, 3.63) is 59.4 Å². The van der Waals surface area contributed by atoms with Crippen LogP contribution in [0.3, 0.4) is 0 Å². The Hall–Kier alpha value is -3.59. The van der Waals surface area contributed by atoms with Crippen LogP contribution < -0.4 is 5.73 Å². The molecule has 2 amide bonds. The number of amides is 2. The van der Waals surface area contributed by atoms with E-state index in [2.05, 4.69) is 27.1 Å². The summed E-state index contributed by atoms with van der Waals surface area (Å²) in [4.78, 5) is 44.7. The SMILES string of the molecule is Cn1nc(C(=O)C(N)=O)c2cc(C(=O)N3CCN(Cc4ccccc4)CC3)cnc21. The van der Waals surface area contributed by atoms with Crippen LogP contribution in [0.25, 0.3) is 11.0 Å². The molecule has 1 fully saturated rings. The summed E-state index contributed by atoms with van der Waals surface area (Å²) >= 11 is 0. The number of ketones is 1. The van der Waals surface area contributed by atoms with Crippen molar-refractivity contribution in [3.63, 3.8) is 0 Å². The quantitative estimate of drug-likeness (QED) is 0.490. The van der Waals surface area contributed by atoms with Gasteiger partial charge in [0.15, 0.2) is 5.65 Å². The van der Waals surface area contributed by atoms with Gasteiger partial charge in [-0.3, -0.25) is 19.3 Å². The number of rotatable bonds is 5. The minimum atomic E-state index is -1.10. The molecule has 9 heteroatoms. The van der Waals surface area contributed by atoms with Gasteiger partial charge in [-0.25, -0.2) is 9.67 Å². The number of nitrogens with two attached hydrogens (primary N) is 1. The molecule has 2 N–H and O–H groups in total. The van der Waals surface area contributed by atoms with E-state index in [1.54, 1.807) is 18.0 Å². The van der Waals surface area contributed by atoms with E-state index >= 15 is 0 Å². The van der Waals surface area contributed by atoms with Crippen LogP contribution in [-0.4, -0.2) is 68.3 Å². The number of carbonyl (C=O) groups excluding carboxylic acids is 3. The molecular formula is C21H22N6O3. The molecule has 154 valence electrons. The van der Waals surface area contributed by atoms with Crippen LogP contribution >= 0.6 is 0 Å². The van der Waals surface area contributed by atoms with Crippen LogP contribution in [0.2, 0.25) is 0 Å². The van der Waals surface area contributed by atoms with Crippen molar-refractivity contribution in [3.8, 4) is 0 Å². The first-order chi connectivity index (χ1) is 14.4. The maximum atomic E-state index is 13.0. The molecule has 0 radical (unpaired) electrons. The van der Waals surface area contributed by atoms with Crippen molar-refractivity contribution in [1.82, 2.24) is 24.6 Å². The number of aromatic nitrogens is 3. The molecule has 0 bridgehead atoms. The lowest BCUT2D eigenvalue weighted by Gasteiger charge is -2.34. The Morgan fingerprint density at radius 3 is 2.43 bits per heavy atom. The van der Waals surface area contributed by atoms with Crippen molar-refractivity contribution < 1.29 is 14.4 Å².